The molecule has 2 nitrogen and oxygen atoms in total. The second-order valence-corrected chi connectivity index (χ2v) is 3.48. The van der Waals surface area contributed by atoms with Crippen molar-refractivity contribution in [2.45, 2.75) is 12.8 Å². The Balaban J connectivity index is 2.42. The number of carbonyl (C=O) groups is 1. The lowest BCUT2D eigenvalue weighted by molar-refractivity contribution is -0.135. The van der Waals surface area contributed by atoms with E-state index in [-0.39, 0.29) is 5.03 Å². The SMILES string of the molecule is COC(=O)C(Cl)=CCCc1ccccc1. The first-order valence-electron chi connectivity index (χ1n) is 4.72. The van der Waals surface area contributed by atoms with Crippen molar-refractivity contribution in [1.29, 1.82) is 0 Å². The Hall–Kier alpha value is -1.28. The fraction of sp³-hybridized carbons (Fsp3) is 0.250. The molecule has 1 rings (SSSR count). The van der Waals surface area contributed by atoms with Gasteiger partial charge in [-0.1, -0.05) is 48.0 Å². The number of ether oxygens (including phenoxy) is 1. The highest BCUT2D eigenvalue weighted by molar-refractivity contribution is 6.41. The van der Waals surface area contributed by atoms with E-state index < -0.39 is 5.97 Å². The molecule has 0 fully saturated rings. The van der Waals surface area contributed by atoms with Crippen molar-refractivity contribution in [3.63, 3.8) is 0 Å². The fourth-order valence-corrected chi connectivity index (χ4v) is 1.38. The van der Waals surface area contributed by atoms with Crippen molar-refractivity contribution < 1.29 is 9.53 Å². The monoisotopic (exact) mass is 224 g/mol. The summed E-state index contributed by atoms with van der Waals surface area (Å²) in [5.41, 5.74) is 1.23. The molecular weight excluding hydrogens is 212 g/mol. The molecule has 80 valence electrons. The summed E-state index contributed by atoms with van der Waals surface area (Å²) in [5.74, 6) is -0.482. The minimum Gasteiger partial charge on any atom is -0.465 e. The predicted molar refractivity (Wildman–Crippen MR) is 60.7 cm³/mol. The van der Waals surface area contributed by atoms with Crippen molar-refractivity contribution in [2.75, 3.05) is 7.11 Å². The van der Waals surface area contributed by atoms with Gasteiger partial charge in [0.25, 0.3) is 0 Å². The summed E-state index contributed by atoms with van der Waals surface area (Å²) in [7, 11) is 1.32. The zero-order valence-corrected chi connectivity index (χ0v) is 9.33. The Labute approximate surface area is 94.5 Å². The van der Waals surface area contributed by atoms with Gasteiger partial charge in [0, 0.05) is 0 Å². The van der Waals surface area contributed by atoms with Crippen molar-refractivity contribution in [3.8, 4) is 0 Å². The van der Waals surface area contributed by atoms with Crippen LogP contribution in [-0.2, 0) is 16.0 Å². The van der Waals surface area contributed by atoms with E-state index in [4.69, 9.17) is 11.6 Å². The van der Waals surface area contributed by atoms with Crippen LogP contribution < -0.4 is 0 Å². The van der Waals surface area contributed by atoms with Gasteiger partial charge in [0.1, 0.15) is 5.03 Å². The quantitative estimate of drug-likeness (QED) is 0.581. The molecule has 0 aromatic heterocycles. The van der Waals surface area contributed by atoms with Crippen LogP contribution in [-0.4, -0.2) is 13.1 Å². The minimum absolute atomic E-state index is 0.147. The maximum Gasteiger partial charge on any atom is 0.349 e. The van der Waals surface area contributed by atoms with E-state index in [0.29, 0.717) is 0 Å². The van der Waals surface area contributed by atoms with Gasteiger partial charge >= 0.3 is 5.97 Å². The average molecular weight is 225 g/mol. The van der Waals surface area contributed by atoms with Crippen LogP contribution in [0.25, 0.3) is 0 Å². The third-order valence-corrected chi connectivity index (χ3v) is 2.29. The molecule has 0 saturated heterocycles. The molecule has 1 aromatic rings. The van der Waals surface area contributed by atoms with Crippen LogP contribution in [0, 0.1) is 0 Å². The van der Waals surface area contributed by atoms with Crippen molar-refractivity contribution in [3.05, 3.63) is 47.0 Å². The van der Waals surface area contributed by atoms with Gasteiger partial charge in [-0.2, -0.15) is 0 Å². The summed E-state index contributed by atoms with van der Waals surface area (Å²) in [5, 5.41) is 0.147. The molecule has 0 spiro atoms. The number of rotatable bonds is 4. The number of aryl methyl sites for hydroxylation is 1. The van der Waals surface area contributed by atoms with Gasteiger partial charge in [-0.25, -0.2) is 4.79 Å². The minimum atomic E-state index is -0.482. The van der Waals surface area contributed by atoms with Crippen LogP contribution in [0.2, 0.25) is 0 Å². The van der Waals surface area contributed by atoms with Crippen LogP contribution in [0.15, 0.2) is 41.4 Å². The molecule has 0 aliphatic rings. The molecule has 1 aromatic carbocycles. The maximum absolute atomic E-state index is 10.9. The van der Waals surface area contributed by atoms with Gasteiger partial charge in [-0.15, -0.1) is 0 Å². The number of hydrogen-bond acceptors (Lipinski definition) is 2. The van der Waals surface area contributed by atoms with E-state index in [2.05, 4.69) is 4.74 Å². The van der Waals surface area contributed by atoms with Crippen LogP contribution in [0.5, 0.6) is 0 Å². The molecule has 0 atom stereocenters. The third-order valence-electron chi connectivity index (χ3n) is 1.98. The highest BCUT2D eigenvalue weighted by Crippen LogP contribution is 2.08. The first kappa shape index (κ1) is 11.8. The molecule has 0 aliphatic heterocycles. The molecule has 3 heteroatoms. The van der Waals surface area contributed by atoms with Crippen molar-refractivity contribution in [1.82, 2.24) is 0 Å². The fourth-order valence-electron chi connectivity index (χ4n) is 1.19. The first-order chi connectivity index (χ1) is 7.24. The van der Waals surface area contributed by atoms with Gasteiger partial charge in [-0.3, -0.25) is 0 Å². The summed E-state index contributed by atoms with van der Waals surface area (Å²) in [6.07, 6.45) is 3.28. The number of hydrogen-bond donors (Lipinski definition) is 0. The number of halogens is 1. The number of esters is 1. The highest BCUT2D eigenvalue weighted by atomic mass is 35.5. The Morgan fingerprint density at radius 1 is 1.40 bits per heavy atom. The Bertz CT molecular complexity index is 344. The van der Waals surface area contributed by atoms with E-state index >= 15 is 0 Å². The number of carbonyl (C=O) groups excluding carboxylic acids is 1. The first-order valence-corrected chi connectivity index (χ1v) is 5.09. The average Bonchev–Trinajstić information content (AvgIpc) is 2.29. The maximum atomic E-state index is 10.9. The van der Waals surface area contributed by atoms with Gasteiger partial charge < -0.3 is 4.74 Å². The molecule has 0 amide bonds. The Morgan fingerprint density at radius 2 is 2.07 bits per heavy atom. The van der Waals surface area contributed by atoms with E-state index in [0.717, 1.165) is 12.8 Å². The van der Waals surface area contributed by atoms with Gasteiger partial charge in [0.15, 0.2) is 0 Å². The molecular formula is C12H13ClO2. The third kappa shape index (κ3) is 4.17. The smallest absolute Gasteiger partial charge is 0.349 e. The summed E-state index contributed by atoms with van der Waals surface area (Å²) in [6, 6.07) is 10.0. The molecule has 0 bridgehead atoms. The van der Waals surface area contributed by atoms with Crippen LogP contribution in [0.3, 0.4) is 0 Å². The molecule has 0 N–H and O–H groups in total. The predicted octanol–water partition coefficient (Wildman–Crippen LogP) is 2.91. The second kappa shape index (κ2) is 6.25. The molecule has 0 radical (unpaired) electrons. The summed E-state index contributed by atoms with van der Waals surface area (Å²) < 4.78 is 4.48. The zero-order chi connectivity index (χ0) is 11.1. The second-order valence-electron chi connectivity index (χ2n) is 3.07. The van der Waals surface area contributed by atoms with Crippen LogP contribution >= 0.6 is 11.6 Å². The van der Waals surface area contributed by atoms with Gasteiger partial charge in [0.2, 0.25) is 0 Å². The zero-order valence-electron chi connectivity index (χ0n) is 8.57. The molecule has 0 unspecified atom stereocenters. The molecule has 0 saturated carbocycles. The number of allylic oxidation sites excluding steroid dienone is 1. The van der Waals surface area contributed by atoms with Gasteiger partial charge in [-0.05, 0) is 18.4 Å². The summed E-state index contributed by atoms with van der Waals surface area (Å²) >= 11 is 5.68. The number of methoxy groups -OCH3 is 1. The van der Waals surface area contributed by atoms with Crippen molar-refractivity contribution in [2.24, 2.45) is 0 Å². The van der Waals surface area contributed by atoms with E-state index in [1.165, 1.54) is 12.7 Å². The van der Waals surface area contributed by atoms with E-state index in [1.807, 2.05) is 30.3 Å². The lowest BCUT2D eigenvalue weighted by Crippen LogP contribution is -1.99. The van der Waals surface area contributed by atoms with Crippen LogP contribution in [0.4, 0.5) is 0 Å². The van der Waals surface area contributed by atoms with E-state index in [1.54, 1.807) is 6.08 Å². The standard InChI is InChI=1S/C12H13ClO2/c1-15-12(14)11(13)9-5-8-10-6-3-2-4-7-10/h2-4,6-7,9H,5,8H2,1H3. The Morgan fingerprint density at radius 3 is 2.67 bits per heavy atom. The Kier molecular flexibility index (Phi) is 4.91. The molecule has 0 heterocycles. The molecule has 15 heavy (non-hydrogen) atoms. The lowest BCUT2D eigenvalue weighted by atomic mass is 10.1. The van der Waals surface area contributed by atoms with Crippen molar-refractivity contribution >= 4 is 17.6 Å². The highest BCUT2D eigenvalue weighted by Gasteiger charge is 2.04. The normalized spacial score (nSPS) is 11.2. The topological polar surface area (TPSA) is 26.3 Å². The molecule has 0 aliphatic carbocycles. The largest absolute Gasteiger partial charge is 0.465 e. The van der Waals surface area contributed by atoms with Crippen LogP contribution in [0.1, 0.15) is 12.0 Å². The van der Waals surface area contributed by atoms with Gasteiger partial charge in [0.05, 0.1) is 7.11 Å². The number of benzene rings is 1. The summed E-state index contributed by atoms with van der Waals surface area (Å²) in [6.45, 7) is 0. The lowest BCUT2D eigenvalue weighted by Gasteiger charge is -1.98. The van der Waals surface area contributed by atoms with E-state index in [9.17, 15) is 4.79 Å². The summed E-state index contributed by atoms with van der Waals surface area (Å²) in [4.78, 5) is 10.9.